The standard InChI is InChI=1S/C29H31Cl3N2O2S/c1-20(2)18-33-29(36)27(17-21-7-4-3-5-8-21)34(19-24-25(31)9-6-10-26(24)32)28(35)15-16-37-23-13-11-22(30)12-14-23/h3-14,20,27H,15-19H2,1-2H3,(H,33,36)/t27-/m0/s1. The lowest BCUT2D eigenvalue weighted by atomic mass is 10.0. The number of carbonyl (C=O) groups is 2. The minimum atomic E-state index is -0.721. The molecule has 3 aromatic rings. The molecule has 0 bridgehead atoms. The molecule has 0 aliphatic heterocycles. The Bertz CT molecular complexity index is 1150. The number of amides is 2. The highest BCUT2D eigenvalue weighted by Gasteiger charge is 2.31. The zero-order valence-electron chi connectivity index (χ0n) is 20.9. The second-order valence-corrected chi connectivity index (χ2v) is 11.5. The molecule has 1 N–H and O–H groups in total. The minimum absolute atomic E-state index is 0.134. The number of carbonyl (C=O) groups excluding carboxylic acids is 2. The average Bonchev–Trinajstić information content (AvgIpc) is 2.88. The number of halogens is 3. The van der Waals surface area contributed by atoms with Crippen LogP contribution in [-0.2, 0) is 22.6 Å². The van der Waals surface area contributed by atoms with Crippen LogP contribution in [0.1, 0.15) is 31.4 Å². The number of thioether (sulfide) groups is 1. The van der Waals surface area contributed by atoms with Gasteiger partial charge in [-0.1, -0.05) is 85.0 Å². The molecule has 4 nitrogen and oxygen atoms in total. The van der Waals surface area contributed by atoms with Gasteiger partial charge in [-0.3, -0.25) is 9.59 Å². The van der Waals surface area contributed by atoms with Crippen LogP contribution in [0, 0.1) is 5.92 Å². The second kappa shape index (κ2) is 14.7. The van der Waals surface area contributed by atoms with Crippen molar-refractivity contribution in [1.29, 1.82) is 0 Å². The summed E-state index contributed by atoms with van der Waals surface area (Å²) in [4.78, 5) is 29.9. The molecule has 0 spiro atoms. The molecule has 0 fully saturated rings. The Morgan fingerprint density at radius 2 is 1.54 bits per heavy atom. The predicted molar refractivity (Wildman–Crippen MR) is 156 cm³/mol. The molecule has 0 aromatic heterocycles. The van der Waals surface area contributed by atoms with Crippen molar-refractivity contribution in [3.05, 3.63) is 99.0 Å². The molecule has 37 heavy (non-hydrogen) atoms. The maximum atomic E-state index is 13.7. The molecular formula is C29H31Cl3N2O2S. The maximum absolute atomic E-state index is 13.7. The summed E-state index contributed by atoms with van der Waals surface area (Å²) in [5.41, 5.74) is 1.59. The Morgan fingerprint density at radius 3 is 2.16 bits per heavy atom. The molecule has 0 unspecified atom stereocenters. The third kappa shape index (κ3) is 9.26. The Kier molecular flexibility index (Phi) is 11.7. The van der Waals surface area contributed by atoms with E-state index >= 15 is 0 Å². The molecule has 0 aliphatic rings. The molecule has 0 saturated carbocycles. The molecule has 0 heterocycles. The zero-order valence-corrected chi connectivity index (χ0v) is 24.0. The van der Waals surface area contributed by atoms with E-state index in [4.69, 9.17) is 34.8 Å². The third-order valence-electron chi connectivity index (χ3n) is 5.74. The fourth-order valence-corrected chi connectivity index (χ4v) is 5.24. The second-order valence-electron chi connectivity index (χ2n) is 9.12. The molecule has 3 rings (SSSR count). The number of rotatable bonds is 12. The van der Waals surface area contributed by atoms with Crippen molar-refractivity contribution in [2.45, 2.75) is 44.2 Å². The summed E-state index contributed by atoms with van der Waals surface area (Å²) in [6.45, 7) is 4.72. The van der Waals surface area contributed by atoms with E-state index in [1.54, 1.807) is 34.9 Å². The van der Waals surface area contributed by atoms with Crippen molar-refractivity contribution in [1.82, 2.24) is 10.2 Å². The Hall–Kier alpha value is -2.18. The van der Waals surface area contributed by atoms with Crippen molar-refractivity contribution in [3.63, 3.8) is 0 Å². The Morgan fingerprint density at radius 1 is 0.892 bits per heavy atom. The highest BCUT2D eigenvalue weighted by Crippen LogP contribution is 2.28. The van der Waals surface area contributed by atoms with Crippen molar-refractivity contribution in [2.75, 3.05) is 12.3 Å². The summed E-state index contributed by atoms with van der Waals surface area (Å²) >= 11 is 20.5. The summed E-state index contributed by atoms with van der Waals surface area (Å²) in [5.74, 6) is 0.496. The highest BCUT2D eigenvalue weighted by atomic mass is 35.5. The summed E-state index contributed by atoms with van der Waals surface area (Å²) < 4.78 is 0. The monoisotopic (exact) mass is 576 g/mol. The van der Waals surface area contributed by atoms with Crippen LogP contribution in [0.25, 0.3) is 0 Å². The number of hydrogen-bond donors (Lipinski definition) is 1. The van der Waals surface area contributed by atoms with Crippen LogP contribution in [0.5, 0.6) is 0 Å². The molecule has 3 aromatic carbocycles. The maximum Gasteiger partial charge on any atom is 0.243 e. The molecule has 8 heteroatoms. The lowest BCUT2D eigenvalue weighted by Gasteiger charge is -2.32. The van der Waals surface area contributed by atoms with Crippen molar-refractivity contribution < 1.29 is 9.59 Å². The van der Waals surface area contributed by atoms with E-state index in [1.807, 2.05) is 68.4 Å². The van der Waals surface area contributed by atoms with Gasteiger partial charge in [0.05, 0.1) is 0 Å². The van der Waals surface area contributed by atoms with Crippen LogP contribution < -0.4 is 5.32 Å². The number of hydrogen-bond acceptors (Lipinski definition) is 3. The van der Waals surface area contributed by atoms with Crippen LogP contribution in [0.2, 0.25) is 15.1 Å². The first-order valence-corrected chi connectivity index (χ1v) is 14.3. The van der Waals surface area contributed by atoms with Crippen molar-refractivity contribution in [2.24, 2.45) is 5.92 Å². The SMILES string of the molecule is CC(C)CNC(=O)[C@H](Cc1ccccc1)N(Cc1c(Cl)cccc1Cl)C(=O)CCSc1ccc(Cl)cc1. The quantitative estimate of drug-likeness (QED) is 0.226. The van der Waals surface area contributed by atoms with Gasteiger partial charge in [0.1, 0.15) is 6.04 Å². The molecule has 2 amide bonds. The van der Waals surface area contributed by atoms with Gasteiger partial charge in [0.25, 0.3) is 0 Å². The van der Waals surface area contributed by atoms with Crippen LogP contribution >= 0.6 is 46.6 Å². The summed E-state index contributed by atoms with van der Waals surface area (Å²) in [7, 11) is 0. The Labute approximate surface area is 238 Å². The average molecular weight is 578 g/mol. The molecule has 196 valence electrons. The zero-order chi connectivity index (χ0) is 26.8. The van der Waals surface area contributed by atoms with Gasteiger partial charge >= 0.3 is 0 Å². The van der Waals surface area contributed by atoms with Crippen LogP contribution in [-0.4, -0.2) is 35.1 Å². The normalized spacial score (nSPS) is 11.8. The van der Waals surface area contributed by atoms with E-state index in [1.165, 1.54) is 0 Å². The van der Waals surface area contributed by atoms with Gasteiger partial charge in [0, 0.05) is 57.2 Å². The van der Waals surface area contributed by atoms with E-state index in [2.05, 4.69) is 5.32 Å². The summed E-state index contributed by atoms with van der Waals surface area (Å²) in [6.07, 6.45) is 0.626. The van der Waals surface area contributed by atoms with Crippen LogP contribution in [0.15, 0.2) is 77.7 Å². The van der Waals surface area contributed by atoms with E-state index in [0.717, 1.165) is 10.5 Å². The van der Waals surface area contributed by atoms with Crippen LogP contribution in [0.4, 0.5) is 0 Å². The lowest BCUT2D eigenvalue weighted by molar-refractivity contribution is -0.141. The highest BCUT2D eigenvalue weighted by molar-refractivity contribution is 7.99. The molecular weight excluding hydrogens is 547 g/mol. The predicted octanol–water partition coefficient (Wildman–Crippen LogP) is 7.54. The molecule has 0 radical (unpaired) electrons. The van der Waals surface area contributed by atoms with Crippen molar-refractivity contribution >= 4 is 58.4 Å². The van der Waals surface area contributed by atoms with E-state index < -0.39 is 6.04 Å². The summed E-state index contributed by atoms with van der Waals surface area (Å²) in [6, 6.07) is 21.7. The van der Waals surface area contributed by atoms with E-state index in [0.29, 0.717) is 39.3 Å². The topological polar surface area (TPSA) is 49.4 Å². The van der Waals surface area contributed by atoms with E-state index in [-0.39, 0.29) is 30.7 Å². The first kappa shape index (κ1) is 29.4. The van der Waals surface area contributed by atoms with Gasteiger partial charge in [0.2, 0.25) is 11.8 Å². The first-order chi connectivity index (χ1) is 17.7. The minimum Gasteiger partial charge on any atom is -0.354 e. The van der Waals surface area contributed by atoms with Gasteiger partial charge in [0.15, 0.2) is 0 Å². The molecule has 0 aliphatic carbocycles. The van der Waals surface area contributed by atoms with Crippen molar-refractivity contribution in [3.8, 4) is 0 Å². The lowest BCUT2D eigenvalue weighted by Crippen LogP contribution is -2.51. The third-order valence-corrected chi connectivity index (χ3v) is 7.72. The van der Waals surface area contributed by atoms with Gasteiger partial charge in [-0.05, 0) is 47.9 Å². The van der Waals surface area contributed by atoms with Gasteiger partial charge in [-0.2, -0.15) is 0 Å². The molecule has 0 saturated heterocycles. The molecule has 1 atom stereocenters. The van der Waals surface area contributed by atoms with Crippen LogP contribution in [0.3, 0.4) is 0 Å². The number of nitrogens with one attached hydrogen (secondary N) is 1. The number of benzene rings is 3. The summed E-state index contributed by atoms with van der Waals surface area (Å²) in [5, 5.41) is 4.61. The smallest absolute Gasteiger partial charge is 0.243 e. The largest absolute Gasteiger partial charge is 0.354 e. The first-order valence-electron chi connectivity index (χ1n) is 12.2. The number of nitrogens with zero attached hydrogens (tertiary/aromatic N) is 1. The van der Waals surface area contributed by atoms with Gasteiger partial charge in [-0.25, -0.2) is 0 Å². The van der Waals surface area contributed by atoms with E-state index in [9.17, 15) is 9.59 Å². The fourth-order valence-electron chi connectivity index (χ4n) is 3.76. The van der Waals surface area contributed by atoms with Gasteiger partial charge < -0.3 is 10.2 Å². The Balaban J connectivity index is 1.88. The van der Waals surface area contributed by atoms with Gasteiger partial charge in [-0.15, -0.1) is 11.8 Å². The fraction of sp³-hybridized carbons (Fsp3) is 0.310.